The largest absolute Gasteiger partial charge is 0.394 e. The number of carbonyl (C=O) groups excluding carboxylic acids is 2. The van der Waals surface area contributed by atoms with Gasteiger partial charge < -0.3 is 11.5 Å². The summed E-state index contributed by atoms with van der Waals surface area (Å²) in [4.78, 5) is 27.5. The van der Waals surface area contributed by atoms with E-state index in [2.05, 4.69) is 23.4 Å². The molecule has 6 heteroatoms. The molecule has 0 radical (unpaired) electrons. The summed E-state index contributed by atoms with van der Waals surface area (Å²) in [6.07, 6.45) is 0. The SMILES string of the molecule is C=[NH+]C1=C([NH+]=C)C(=O)C(N)=C(N)C1=O. The van der Waals surface area contributed by atoms with Crippen LogP contribution in [0.3, 0.4) is 0 Å². The van der Waals surface area contributed by atoms with Gasteiger partial charge in [0.25, 0.3) is 11.6 Å². The molecule has 0 spiro atoms. The fourth-order valence-corrected chi connectivity index (χ4v) is 1.08. The minimum absolute atomic E-state index is 0.0308. The molecule has 0 aliphatic heterocycles. The summed E-state index contributed by atoms with van der Waals surface area (Å²) in [5, 5.41) is 0. The van der Waals surface area contributed by atoms with Crippen molar-refractivity contribution in [3.8, 4) is 0 Å². The number of rotatable bonds is 2. The molecule has 0 atom stereocenters. The Morgan fingerprint density at radius 3 is 1.36 bits per heavy atom. The van der Waals surface area contributed by atoms with Gasteiger partial charge >= 0.3 is 11.4 Å². The van der Waals surface area contributed by atoms with E-state index in [4.69, 9.17) is 11.5 Å². The maximum absolute atomic E-state index is 11.4. The summed E-state index contributed by atoms with van der Waals surface area (Å²) in [5.74, 6) is -1.13. The smallest absolute Gasteiger partial charge is 0.329 e. The third-order valence-electron chi connectivity index (χ3n) is 1.84. The van der Waals surface area contributed by atoms with Crippen LogP contribution in [0.15, 0.2) is 22.8 Å². The lowest BCUT2D eigenvalue weighted by Gasteiger charge is -2.07. The highest BCUT2D eigenvalue weighted by Crippen LogP contribution is 2.09. The van der Waals surface area contributed by atoms with E-state index in [1.807, 2.05) is 0 Å². The van der Waals surface area contributed by atoms with Crippen LogP contribution >= 0.6 is 0 Å². The second-order valence-corrected chi connectivity index (χ2v) is 2.59. The second-order valence-electron chi connectivity index (χ2n) is 2.59. The lowest BCUT2D eigenvalue weighted by molar-refractivity contribution is -0.428. The molecule has 0 aromatic rings. The normalized spacial score (nSPS) is 17.4. The van der Waals surface area contributed by atoms with E-state index in [1.165, 1.54) is 0 Å². The molecule has 0 aromatic carbocycles. The van der Waals surface area contributed by atoms with Gasteiger partial charge in [0.2, 0.25) is 0 Å². The van der Waals surface area contributed by atoms with Crippen molar-refractivity contribution in [3.63, 3.8) is 0 Å². The monoisotopic (exact) mass is 194 g/mol. The van der Waals surface area contributed by atoms with Gasteiger partial charge in [-0.2, -0.15) is 0 Å². The van der Waals surface area contributed by atoms with E-state index in [0.29, 0.717) is 0 Å². The van der Waals surface area contributed by atoms with Crippen molar-refractivity contribution in [2.45, 2.75) is 0 Å². The van der Waals surface area contributed by atoms with Crippen LogP contribution in [0.4, 0.5) is 0 Å². The van der Waals surface area contributed by atoms with Crippen molar-refractivity contribution in [3.05, 3.63) is 22.8 Å². The Kier molecular flexibility index (Phi) is 2.29. The Bertz CT molecular complexity index is 379. The molecular formula is C8H10N4O2+2. The first-order valence-electron chi connectivity index (χ1n) is 3.69. The molecule has 0 bridgehead atoms. The van der Waals surface area contributed by atoms with Crippen molar-refractivity contribution in [2.24, 2.45) is 11.5 Å². The fourth-order valence-electron chi connectivity index (χ4n) is 1.08. The number of hydrogen-bond acceptors (Lipinski definition) is 4. The summed E-state index contributed by atoms with van der Waals surface area (Å²) >= 11 is 0. The molecule has 0 amide bonds. The second kappa shape index (κ2) is 3.25. The van der Waals surface area contributed by atoms with Crippen LogP contribution in [0.1, 0.15) is 0 Å². The van der Waals surface area contributed by atoms with Gasteiger partial charge in [0.15, 0.2) is 0 Å². The van der Waals surface area contributed by atoms with Crippen LogP contribution in [0, 0.1) is 0 Å². The molecule has 0 aromatic heterocycles. The fraction of sp³-hybridized carbons (Fsp3) is 0. The Balaban J connectivity index is 3.46. The summed E-state index contributed by atoms with van der Waals surface area (Å²) in [7, 11) is 0. The standard InChI is InChI=1S/C8H8N4O2/c1-11-5-6(12-2)8(14)4(10)3(9)7(5)13/h1-2,9-10H2/p+2. The molecule has 1 rings (SSSR count). The molecule has 0 unspecified atom stereocenters. The molecule has 0 heterocycles. The van der Waals surface area contributed by atoms with E-state index in [0.717, 1.165) is 0 Å². The number of ketones is 2. The third kappa shape index (κ3) is 1.13. The zero-order valence-electron chi connectivity index (χ0n) is 7.39. The van der Waals surface area contributed by atoms with Crippen molar-refractivity contribution in [2.75, 3.05) is 0 Å². The number of Topliss-reactive ketones (excluding diaryl/α,β-unsaturated/α-hetero) is 2. The molecule has 0 fully saturated rings. The predicted molar refractivity (Wildman–Crippen MR) is 48.6 cm³/mol. The molecular weight excluding hydrogens is 184 g/mol. The van der Waals surface area contributed by atoms with Gasteiger partial charge in [-0.05, 0) is 0 Å². The highest BCUT2D eigenvalue weighted by Gasteiger charge is 2.39. The quantitative estimate of drug-likeness (QED) is 0.260. The first-order chi connectivity index (χ1) is 6.54. The van der Waals surface area contributed by atoms with Crippen LogP contribution in [0.2, 0.25) is 0 Å². The van der Waals surface area contributed by atoms with Crippen LogP contribution in [0.25, 0.3) is 0 Å². The predicted octanol–water partition coefficient (Wildman–Crippen LogP) is -4.96. The molecule has 1 aliphatic carbocycles. The Morgan fingerprint density at radius 2 is 1.14 bits per heavy atom. The number of carbonyl (C=O) groups is 2. The molecule has 0 saturated heterocycles. The van der Waals surface area contributed by atoms with Gasteiger partial charge in [-0.25, -0.2) is 9.98 Å². The Labute approximate surface area is 79.7 Å². The molecule has 6 nitrogen and oxygen atoms in total. The summed E-state index contributed by atoms with van der Waals surface area (Å²) < 4.78 is 0. The van der Waals surface area contributed by atoms with Gasteiger partial charge in [-0.1, -0.05) is 0 Å². The lowest BCUT2D eigenvalue weighted by Crippen LogP contribution is -2.77. The molecule has 72 valence electrons. The van der Waals surface area contributed by atoms with Crippen molar-refractivity contribution in [1.82, 2.24) is 0 Å². The summed E-state index contributed by atoms with van der Waals surface area (Å²) in [6.45, 7) is 6.57. The average Bonchev–Trinajstić information content (AvgIpc) is 2.20. The van der Waals surface area contributed by atoms with Crippen molar-refractivity contribution < 1.29 is 19.6 Å². The van der Waals surface area contributed by atoms with E-state index >= 15 is 0 Å². The third-order valence-corrected chi connectivity index (χ3v) is 1.84. The van der Waals surface area contributed by atoms with E-state index < -0.39 is 11.6 Å². The van der Waals surface area contributed by atoms with Crippen LogP contribution in [-0.2, 0) is 9.59 Å². The van der Waals surface area contributed by atoms with Gasteiger partial charge in [0.1, 0.15) is 24.8 Å². The zero-order chi connectivity index (χ0) is 10.9. The lowest BCUT2D eigenvalue weighted by atomic mass is 10.0. The number of hydrogen-bond donors (Lipinski definition) is 4. The van der Waals surface area contributed by atoms with E-state index in [-0.39, 0.29) is 22.8 Å². The summed E-state index contributed by atoms with van der Waals surface area (Å²) in [6, 6.07) is 0. The molecule has 1 aliphatic rings. The van der Waals surface area contributed by atoms with Gasteiger partial charge in [0.05, 0.1) is 0 Å². The Morgan fingerprint density at radius 1 is 0.857 bits per heavy atom. The maximum Gasteiger partial charge on any atom is 0.329 e. The van der Waals surface area contributed by atoms with Gasteiger partial charge in [-0.15, -0.1) is 0 Å². The molecule has 14 heavy (non-hydrogen) atoms. The van der Waals surface area contributed by atoms with Crippen LogP contribution < -0.4 is 21.5 Å². The molecule has 0 saturated carbocycles. The van der Waals surface area contributed by atoms with E-state index in [9.17, 15) is 9.59 Å². The minimum Gasteiger partial charge on any atom is -0.394 e. The first kappa shape index (κ1) is 9.85. The number of nitrogens with two attached hydrogens (primary N) is 2. The summed E-state index contributed by atoms with van der Waals surface area (Å²) in [5.41, 5.74) is 10.0. The van der Waals surface area contributed by atoms with Crippen LogP contribution in [-0.4, -0.2) is 25.0 Å². The highest BCUT2D eigenvalue weighted by molar-refractivity contribution is 6.22. The van der Waals surface area contributed by atoms with Crippen molar-refractivity contribution >= 4 is 25.0 Å². The highest BCUT2D eigenvalue weighted by atomic mass is 16.1. The van der Waals surface area contributed by atoms with Gasteiger partial charge in [0, 0.05) is 0 Å². The average molecular weight is 194 g/mol. The zero-order valence-corrected chi connectivity index (χ0v) is 7.39. The maximum atomic E-state index is 11.4. The first-order valence-corrected chi connectivity index (χ1v) is 3.69. The van der Waals surface area contributed by atoms with Crippen LogP contribution in [0.5, 0.6) is 0 Å². The van der Waals surface area contributed by atoms with Crippen molar-refractivity contribution in [1.29, 1.82) is 0 Å². The van der Waals surface area contributed by atoms with E-state index in [1.54, 1.807) is 0 Å². The minimum atomic E-state index is -0.566. The molecule has 6 N–H and O–H groups in total. The topological polar surface area (TPSA) is 114 Å². The number of nitrogens with one attached hydrogen (secondary N) is 2. The Hall–Kier alpha value is -2.24. The van der Waals surface area contributed by atoms with Gasteiger partial charge in [-0.3, -0.25) is 9.59 Å².